The number of carboxylic acids is 1. The molecule has 0 bridgehead atoms. The molecule has 0 aliphatic heterocycles. The molecular weight excluding hydrogens is 272 g/mol. The van der Waals surface area contributed by atoms with E-state index in [-0.39, 0.29) is 17.9 Å². The summed E-state index contributed by atoms with van der Waals surface area (Å²) in [4.78, 5) is 22.8. The standard InChI is InChI=1S/C15H14N2O4/c16-10-5-7-11(8-6-10)21-9-14(18)17-13-4-2-1-3-12(13)15(19)20/h1-8H,9,16H2,(H,17,18)(H,19,20). The third-order valence-corrected chi connectivity index (χ3v) is 2.68. The fourth-order valence-corrected chi connectivity index (χ4v) is 1.68. The number of carboxylic acid groups (broad SMARTS) is 1. The molecule has 0 radical (unpaired) electrons. The number of carbonyl (C=O) groups excluding carboxylic acids is 1. The van der Waals surface area contributed by atoms with Gasteiger partial charge in [0.05, 0.1) is 11.3 Å². The number of rotatable bonds is 5. The van der Waals surface area contributed by atoms with Crippen LogP contribution in [0.4, 0.5) is 11.4 Å². The molecule has 0 aromatic heterocycles. The van der Waals surface area contributed by atoms with E-state index in [1.54, 1.807) is 36.4 Å². The average Bonchev–Trinajstić information content (AvgIpc) is 2.47. The number of anilines is 2. The van der Waals surface area contributed by atoms with E-state index >= 15 is 0 Å². The van der Waals surface area contributed by atoms with Crippen LogP contribution in [0.15, 0.2) is 48.5 Å². The van der Waals surface area contributed by atoms with E-state index in [2.05, 4.69) is 5.32 Å². The van der Waals surface area contributed by atoms with Crippen LogP contribution in [0.5, 0.6) is 5.75 Å². The van der Waals surface area contributed by atoms with E-state index < -0.39 is 11.9 Å². The largest absolute Gasteiger partial charge is 0.484 e. The lowest BCUT2D eigenvalue weighted by atomic mass is 10.2. The summed E-state index contributed by atoms with van der Waals surface area (Å²) in [5, 5.41) is 11.5. The molecule has 4 N–H and O–H groups in total. The minimum absolute atomic E-state index is 0.0262. The summed E-state index contributed by atoms with van der Waals surface area (Å²) in [7, 11) is 0. The average molecular weight is 286 g/mol. The van der Waals surface area contributed by atoms with Gasteiger partial charge in [-0.05, 0) is 36.4 Å². The highest BCUT2D eigenvalue weighted by molar-refractivity contribution is 6.00. The molecule has 0 atom stereocenters. The fourth-order valence-electron chi connectivity index (χ4n) is 1.68. The van der Waals surface area contributed by atoms with Gasteiger partial charge in [-0.1, -0.05) is 12.1 Å². The van der Waals surface area contributed by atoms with Gasteiger partial charge in [0.1, 0.15) is 5.75 Å². The molecule has 6 heteroatoms. The maximum absolute atomic E-state index is 11.8. The molecule has 0 spiro atoms. The molecule has 0 saturated carbocycles. The van der Waals surface area contributed by atoms with Gasteiger partial charge in [-0.15, -0.1) is 0 Å². The van der Waals surface area contributed by atoms with Crippen LogP contribution in [0.25, 0.3) is 0 Å². The molecule has 2 rings (SSSR count). The molecule has 0 unspecified atom stereocenters. The minimum atomic E-state index is -1.11. The Kier molecular flexibility index (Phi) is 4.40. The number of benzene rings is 2. The Morgan fingerprint density at radius 2 is 1.76 bits per heavy atom. The SMILES string of the molecule is Nc1ccc(OCC(=O)Nc2ccccc2C(=O)O)cc1. The zero-order valence-corrected chi connectivity index (χ0v) is 11.1. The predicted molar refractivity (Wildman–Crippen MR) is 78.4 cm³/mol. The topological polar surface area (TPSA) is 102 Å². The van der Waals surface area contributed by atoms with Crippen molar-refractivity contribution in [2.75, 3.05) is 17.7 Å². The summed E-state index contributed by atoms with van der Waals surface area (Å²) < 4.78 is 5.28. The lowest BCUT2D eigenvalue weighted by Crippen LogP contribution is -2.21. The fraction of sp³-hybridized carbons (Fsp3) is 0.0667. The van der Waals surface area contributed by atoms with Gasteiger partial charge in [0.25, 0.3) is 5.91 Å². The highest BCUT2D eigenvalue weighted by atomic mass is 16.5. The summed E-state index contributed by atoms with van der Waals surface area (Å²) in [5.74, 6) is -1.04. The summed E-state index contributed by atoms with van der Waals surface area (Å²) in [6.45, 7) is -0.224. The van der Waals surface area contributed by atoms with Gasteiger partial charge in [-0.3, -0.25) is 4.79 Å². The molecule has 2 aromatic carbocycles. The Labute approximate surface area is 121 Å². The van der Waals surface area contributed by atoms with Crippen LogP contribution in [0.2, 0.25) is 0 Å². The quantitative estimate of drug-likeness (QED) is 0.729. The number of ether oxygens (including phenoxy) is 1. The van der Waals surface area contributed by atoms with Gasteiger partial charge >= 0.3 is 5.97 Å². The Bertz CT molecular complexity index is 653. The Morgan fingerprint density at radius 3 is 2.43 bits per heavy atom. The number of hydrogen-bond donors (Lipinski definition) is 3. The lowest BCUT2D eigenvalue weighted by molar-refractivity contribution is -0.118. The van der Waals surface area contributed by atoms with E-state index in [0.29, 0.717) is 11.4 Å². The molecule has 21 heavy (non-hydrogen) atoms. The Balaban J connectivity index is 1.96. The normalized spacial score (nSPS) is 9.90. The van der Waals surface area contributed by atoms with Crippen LogP contribution < -0.4 is 15.8 Å². The number of carbonyl (C=O) groups is 2. The van der Waals surface area contributed by atoms with Crippen molar-refractivity contribution >= 4 is 23.3 Å². The van der Waals surface area contributed by atoms with Crippen molar-refractivity contribution in [3.63, 3.8) is 0 Å². The summed E-state index contributed by atoms with van der Waals surface area (Å²) in [6.07, 6.45) is 0. The highest BCUT2D eigenvalue weighted by Gasteiger charge is 2.11. The Morgan fingerprint density at radius 1 is 1.10 bits per heavy atom. The van der Waals surface area contributed by atoms with Gasteiger partial charge in [-0.25, -0.2) is 4.79 Å². The van der Waals surface area contributed by atoms with Crippen LogP contribution in [0.3, 0.4) is 0 Å². The maximum atomic E-state index is 11.8. The number of hydrogen-bond acceptors (Lipinski definition) is 4. The smallest absolute Gasteiger partial charge is 0.337 e. The van der Waals surface area contributed by atoms with E-state index in [4.69, 9.17) is 15.6 Å². The van der Waals surface area contributed by atoms with Crippen molar-refractivity contribution in [2.45, 2.75) is 0 Å². The van der Waals surface area contributed by atoms with Gasteiger partial charge in [0.15, 0.2) is 6.61 Å². The first-order valence-corrected chi connectivity index (χ1v) is 6.17. The minimum Gasteiger partial charge on any atom is -0.484 e. The van der Waals surface area contributed by atoms with Crippen LogP contribution in [-0.2, 0) is 4.79 Å². The second kappa shape index (κ2) is 6.42. The number of nitrogen functional groups attached to an aromatic ring is 1. The van der Waals surface area contributed by atoms with Crippen LogP contribution in [0, 0.1) is 0 Å². The monoisotopic (exact) mass is 286 g/mol. The number of para-hydroxylation sites is 1. The summed E-state index contributed by atoms with van der Waals surface area (Å²) >= 11 is 0. The lowest BCUT2D eigenvalue weighted by Gasteiger charge is -2.09. The maximum Gasteiger partial charge on any atom is 0.337 e. The summed E-state index contributed by atoms with van der Waals surface area (Å²) in [5.41, 5.74) is 6.40. The first-order valence-electron chi connectivity index (χ1n) is 6.17. The van der Waals surface area contributed by atoms with Crippen LogP contribution in [0.1, 0.15) is 10.4 Å². The van der Waals surface area contributed by atoms with Crippen molar-refractivity contribution in [2.24, 2.45) is 0 Å². The van der Waals surface area contributed by atoms with Crippen molar-refractivity contribution in [3.8, 4) is 5.75 Å². The molecule has 0 heterocycles. The van der Waals surface area contributed by atoms with Crippen molar-refractivity contribution in [1.82, 2.24) is 0 Å². The third-order valence-electron chi connectivity index (χ3n) is 2.68. The number of nitrogens with one attached hydrogen (secondary N) is 1. The molecule has 1 amide bonds. The van der Waals surface area contributed by atoms with E-state index in [9.17, 15) is 9.59 Å². The number of amides is 1. The molecular formula is C15H14N2O4. The second-order valence-corrected chi connectivity index (χ2v) is 4.26. The zero-order valence-electron chi connectivity index (χ0n) is 11.1. The van der Waals surface area contributed by atoms with Crippen molar-refractivity contribution in [3.05, 3.63) is 54.1 Å². The molecule has 6 nitrogen and oxygen atoms in total. The van der Waals surface area contributed by atoms with Crippen LogP contribution >= 0.6 is 0 Å². The van der Waals surface area contributed by atoms with E-state index in [0.717, 1.165) is 0 Å². The molecule has 0 saturated heterocycles. The zero-order chi connectivity index (χ0) is 15.2. The van der Waals surface area contributed by atoms with E-state index in [1.807, 2.05) is 0 Å². The third kappa shape index (κ3) is 3.97. The predicted octanol–water partition coefficient (Wildman–Crippen LogP) is 1.98. The summed E-state index contributed by atoms with van der Waals surface area (Å²) in [6, 6.07) is 12.8. The second-order valence-electron chi connectivity index (χ2n) is 4.26. The first-order chi connectivity index (χ1) is 10.1. The highest BCUT2D eigenvalue weighted by Crippen LogP contribution is 2.16. The first kappa shape index (κ1) is 14.4. The van der Waals surface area contributed by atoms with Gasteiger partial charge in [-0.2, -0.15) is 0 Å². The molecule has 2 aromatic rings. The van der Waals surface area contributed by atoms with Gasteiger partial charge in [0, 0.05) is 5.69 Å². The van der Waals surface area contributed by atoms with E-state index in [1.165, 1.54) is 12.1 Å². The molecule has 0 aliphatic rings. The van der Waals surface area contributed by atoms with Gasteiger partial charge < -0.3 is 20.9 Å². The molecule has 0 aliphatic carbocycles. The van der Waals surface area contributed by atoms with Crippen LogP contribution in [-0.4, -0.2) is 23.6 Å². The van der Waals surface area contributed by atoms with Crippen molar-refractivity contribution in [1.29, 1.82) is 0 Å². The number of aromatic carboxylic acids is 1. The van der Waals surface area contributed by atoms with Gasteiger partial charge in [0.2, 0.25) is 0 Å². The Hall–Kier alpha value is -3.02. The number of nitrogens with two attached hydrogens (primary N) is 1. The van der Waals surface area contributed by atoms with Crippen molar-refractivity contribution < 1.29 is 19.4 Å². The molecule has 108 valence electrons. The molecule has 0 fully saturated rings.